The van der Waals surface area contributed by atoms with Gasteiger partial charge in [-0.05, 0) is 61.3 Å². The molecule has 3 heteroatoms. The Morgan fingerprint density at radius 1 is 1.30 bits per heavy atom. The van der Waals surface area contributed by atoms with E-state index >= 15 is 0 Å². The van der Waals surface area contributed by atoms with Gasteiger partial charge < -0.3 is 5.73 Å². The van der Waals surface area contributed by atoms with Gasteiger partial charge in [0.1, 0.15) is 0 Å². The molecule has 0 aromatic heterocycles. The van der Waals surface area contributed by atoms with Crippen LogP contribution in [0.4, 0.5) is 0 Å². The first-order valence-corrected chi connectivity index (χ1v) is 8.78. The molecule has 2 N–H and O–H groups in total. The molecular weight excluding hydrogens is 286 g/mol. The average molecular weight is 312 g/mol. The van der Waals surface area contributed by atoms with Crippen molar-refractivity contribution in [2.75, 3.05) is 6.54 Å². The molecular formula is C17H26ClNS. The molecule has 0 spiro atoms. The summed E-state index contributed by atoms with van der Waals surface area (Å²) in [6.45, 7) is 7.89. The van der Waals surface area contributed by atoms with Crippen LogP contribution in [0, 0.1) is 17.3 Å². The third kappa shape index (κ3) is 4.16. The zero-order chi connectivity index (χ0) is 14.8. The number of nitrogens with two attached hydrogens (primary N) is 1. The Kier molecular flexibility index (Phi) is 5.44. The van der Waals surface area contributed by atoms with Crippen molar-refractivity contribution in [2.24, 2.45) is 23.0 Å². The monoisotopic (exact) mass is 311 g/mol. The summed E-state index contributed by atoms with van der Waals surface area (Å²) in [5, 5.41) is 1.44. The number of benzene rings is 1. The van der Waals surface area contributed by atoms with Crippen LogP contribution in [-0.4, -0.2) is 11.8 Å². The summed E-state index contributed by atoms with van der Waals surface area (Å²) in [5.74, 6) is 1.43. The predicted molar refractivity (Wildman–Crippen MR) is 90.4 cm³/mol. The lowest BCUT2D eigenvalue weighted by molar-refractivity contribution is 0.157. The number of halogens is 1. The smallest absolute Gasteiger partial charge is 0.0417 e. The van der Waals surface area contributed by atoms with E-state index in [2.05, 4.69) is 32.9 Å². The van der Waals surface area contributed by atoms with Crippen molar-refractivity contribution in [2.45, 2.75) is 50.2 Å². The first-order valence-electron chi connectivity index (χ1n) is 7.52. The minimum Gasteiger partial charge on any atom is -0.330 e. The first kappa shape index (κ1) is 16.2. The van der Waals surface area contributed by atoms with E-state index in [1.165, 1.54) is 24.2 Å². The van der Waals surface area contributed by atoms with Gasteiger partial charge in [0.2, 0.25) is 0 Å². The maximum absolute atomic E-state index is 6.10. The topological polar surface area (TPSA) is 26.0 Å². The van der Waals surface area contributed by atoms with Crippen LogP contribution in [0.15, 0.2) is 29.2 Å². The van der Waals surface area contributed by atoms with Crippen LogP contribution < -0.4 is 5.73 Å². The van der Waals surface area contributed by atoms with Crippen LogP contribution in [0.2, 0.25) is 5.02 Å². The summed E-state index contributed by atoms with van der Waals surface area (Å²) in [5.41, 5.74) is 6.39. The van der Waals surface area contributed by atoms with Crippen LogP contribution >= 0.6 is 23.4 Å². The van der Waals surface area contributed by atoms with Gasteiger partial charge in [0.05, 0.1) is 0 Å². The lowest BCUT2D eigenvalue weighted by Crippen LogP contribution is -2.36. The molecule has 20 heavy (non-hydrogen) atoms. The summed E-state index contributed by atoms with van der Waals surface area (Å²) in [6, 6.07) is 8.20. The quantitative estimate of drug-likeness (QED) is 0.828. The highest BCUT2D eigenvalue weighted by molar-refractivity contribution is 8.00. The van der Waals surface area contributed by atoms with E-state index in [1.807, 2.05) is 23.9 Å². The lowest BCUT2D eigenvalue weighted by Gasteiger charge is -2.41. The van der Waals surface area contributed by atoms with Gasteiger partial charge >= 0.3 is 0 Å². The number of hydrogen-bond donors (Lipinski definition) is 1. The Balaban J connectivity index is 2.09. The Morgan fingerprint density at radius 2 is 2.05 bits per heavy atom. The van der Waals surface area contributed by atoms with Crippen LogP contribution in [0.25, 0.3) is 0 Å². The number of hydrogen-bond acceptors (Lipinski definition) is 2. The first-order chi connectivity index (χ1) is 9.40. The van der Waals surface area contributed by atoms with Crippen LogP contribution in [0.5, 0.6) is 0 Å². The highest BCUT2D eigenvalue weighted by Gasteiger charge is 2.35. The molecule has 112 valence electrons. The maximum Gasteiger partial charge on any atom is 0.0417 e. The Bertz CT molecular complexity index is 441. The number of rotatable bonds is 3. The highest BCUT2D eigenvalue weighted by Crippen LogP contribution is 2.45. The summed E-state index contributed by atoms with van der Waals surface area (Å²) in [6.07, 6.45) is 3.84. The Hall–Kier alpha value is -0.180. The van der Waals surface area contributed by atoms with Gasteiger partial charge in [-0.1, -0.05) is 38.4 Å². The lowest BCUT2D eigenvalue weighted by atomic mass is 9.69. The van der Waals surface area contributed by atoms with E-state index in [9.17, 15) is 0 Å². The summed E-state index contributed by atoms with van der Waals surface area (Å²) >= 11 is 8.06. The fourth-order valence-corrected chi connectivity index (χ4v) is 4.83. The molecule has 0 radical (unpaired) electrons. The second-order valence-electron chi connectivity index (χ2n) is 6.99. The maximum atomic E-state index is 6.10. The molecule has 3 unspecified atom stereocenters. The van der Waals surface area contributed by atoms with Crippen molar-refractivity contribution in [3.8, 4) is 0 Å². The van der Waals surface area contributed by atoms with Crippen molar-refractivity contribution >= 4 is 23.4 Å². The van der Waals surface area contributed by atoms with Gasteiger partial charge in [0.15, 0.2) is 0 Å². The van der Waals surface area contributed by atoms with Gasteiger partial charge in [-0.25, -0.2) is 0 Å². The minimum atomic E-state index is 0.396. The zero-order valence-electron chi connectivity index (χ0n) is 12.7. The zero-order valence-corrected chi connectivity index (χ0v) is 14.3. The summed E-state index contributed by atoms with van der Waals surface area (Å²) in [7, 11) is 0. The normalized spacial score (nSPS) is 27.6. The third-order valence-corrected chi connectivity index (χ3v) is 6.18. The minimum absolute atomic E-state index is 0.396. The molecule has 2 rings (SSSR count). The molecule has 1 nitrogen and oxygen atoms in total. The fraction of sp³-hybridized carbons (Fsp3) is 0.647. The summed E-state index contributed by atoms with van der Waals surface area (Å²) in [4.78, 5) is 1.27. The fourth-order valence-electron chi connectivity index (χ4n) is 3.11. The molecule has 0 aliphatic heterocycles. The Morgan fingerprint density at radius 3 is 2.65 bits per heavy atom. The average Bonchev–Trinajstić information content (AvgIpc) is 2.37. The van der Waals surface area contributed by atoms with Crippen molar-refractivity contribution in [3.63, 3.8) is 0 Å². The van der Waals surface area contributed by atoms with Crippen molar-refractivity contribution in [1.29, 1.82) is 0 Å². The van der Waals surface area contributed by atoms with Crippen LogP contribution in [0.1, 0.15) is 40.0 Å². The molecule has 0 bridgehead atoms. The van der Waals surface area contributed by atoms with E-state index in [0.717, 1.165) is 17.5 Å². The van der Waals surface area contributed by atoms with E-state index in [-0.39, 0.29) is 0 Å². The SMILES string of the molecule is CC(C)(C)C1CCC(CN)C(Sc2cccc(Cl)c2)C1. The molecule has 1 aliphatic carbocycles. The van der Waals surface area contributed by atoms with Crippen molar-refractivity contribution < 1.29 is 0 Å². The molecule has 1 aliphatic rings. The van der Waals surface area contributed by atoms with E-state index in [4.69, 9.17) is 17.3 Å². The molecule has 0 heterocycles. The Labute approximate surface area is 132 Å². The molecule has 1 saturated carbocycles. The standard InChI is InChI=1S/C17H26ClNS/c1-17(2,3)13-8-7-12(11-19)16(9-13)20-15-6-4-5-14(18)10-15/h4-6,10,12-13,16H,7-9,11,19H2,1-3H3. The number of thioether (sulfide) groups is 1. The van der Waals surface area contributed by atoms with Gasteiger partial charge in [-0.3, -0.25) is 0 Å². The van der Waals surface area contributed by atoms with Gasteiger partial charge in [-0.2, -0.15) is 0 Å². The van der Waals surface area contributed by atoms with Gasteiger partial charge in [-0.15, -0.1) is 11.8 Å². The second kappa shape index (κ2) is 6.72. The molecule has 1 aromatic rings. The molecule has 0 amide bonds. The van der Waals surface area contributed by atoms with Gasteiger partial charge in [0, 0.05) is 15.2 Å². The van der Waals surface area contributed by atoms with E-state index < -0.39 is 0 Å². The molecule has 0 saturated heterocycles. The van der Waals surface area contributed by atoms with Crippen LogP contribution in [0.3, 0.4) is 0 Å². The van der Waals surface area contributed by atoms with E-state index in [0.29, 0.717) is 16.6 Å². The summed E-state index contributed by atoms with van der Waals surface area (Å²) < 4.78 is 0. The molecule has 3 atom stereocenters. The van der Waals surface area contributed by atoms with E-state index in [1.54, 1.807) is 0 Å². The second-order valence-corrected chi connectivity index (χ2v) is 8.73. The predicted octanol–water partition coefficient (Wildman–Crippen LogP) is 5.22. The van der Waals surface area contributed by atoms with Crippen molar-refractivity contribution in [1.82, 2.24) is 0 Å². The highest BCUT2D eigenvalue weighted by atomic mass is 35.5. The van der Waals surface area contributed by atoms with Crippen molar-refractivity contribution in [3.05, 3.63) is 29.3 Å². The largest absolute Gasteiger partial charge is 0.330 e. The third-order valence-electron chi connectivity index (χ3n) is 4.54. The molecule has 1 aromatic carbocycles. The van der Waals surface area contributed by atoms with Crippen LogP contribution in [-0.2, 0) is 0 Å². The van der Waals surface area contributed by atoms with Gasteiger partial charge in [0.25, 0.3) is 0 Å². The molecule has 1 fully saturated rings.